The van der Waals surface area contributed by atoms with Gasteiger partial charge in [0, 0.05) is 6.61 Å². The highest BCUT2D eigenvalue weighted by molar-refractivity contribution is 5.88. The van der Waals surface area contributed by atoms with Crippen molar-refractivity contribution in [1.82, 2.24) is 0 Å². The average molecular weight is 242 g/mol. The van der Waals surface area contributed by atoms with Crippen molar-refractivity contribution in [3.8, 4) is 0 Å². The van der Waals surface area contributed by atoms with Crippen molar-refractivity contribution in [2.45, 2.75) is 45.1 Å². The molecule has 0 amide bonds. The number of hydrogen-bond donors (Lipinski definition) is 0. The van der Waals surface area contributed by atoms with E-state index in [2.05, 4.69) is 6.58 Å². The van der Waals surface area contributed by atoms with Crippen molar-refractivity contribution in [3.63, 3.8) is 0 Å². The molecule has 1 saturated carbocycles. The van der Waals surface area contributed by atoms with Gasteiger partial charge in [-0.05, 0) is 39.5 Å². The highest BCUT2D eigenvalue weighted by Crippen LogP contribution is 2.33. The molecule has 1 rings (SSSR count). The SMILES string of the molecule is C=C(COCOCC)C(=O)OC1(C)CCCC1. The molecule has 0 aromatic rings. The quantitative estimate of drug-likeness (QED) is 0.298. The Morgan fingerprint density at radius 2 is 1.94 bits per heavy atom. The third kappa shape index (κ3) is 4.88. The molecule has 0 unspecified atom stereocenters. The van der Waals surface area contributed by atoms with Gasteiger partial charge in [-0.15, -0.1) is 0 Å². The van der Waals surface area contributed by atoms with Crippen LogP contribution in [0.15, 0.2) is 12.2 Å². The fraction of sp³-hybridized carbons (Fsp3) is 0.769. The largest absolute Gasteiger partial charge is 0.456 e. The third-order valence-electron chi connectivity index (χ3n) is 2.94. The zero-order valence-electron chi connectivity index (χ0n) is 10.8. The highest BCUT2D eigenvalue weighted by atomic mass is 16.7. The Labute approximate surface area is 103 Å². The number of esters is 1. The van der Waals surface area contributed by atoms with Crippen molar-refractivity contribution in [1.29, 1.82) is 0 Å². The predicted molar refractivity (Wildman–Crippen MR) is 64.6 cm³/mol. The van der Waals surface area contributed by atoms with E-state index in [9.17, 15) is 4.79 Å². The van der Waals surface area contributed by atoms with Gasteiger partial charge < -0.3 is 14.2 Å². The van der Waals surface area contributed by atoms with E-state index in [4.69, 9.17) is 14.2 Å². The molecule has 98 valence electrons. The fourth-order valence-electron chi connectivity index (χ4n) is 1.89. The zero-order valence-corrected chi connectivity index (χ0v) is 10.8. The van der Waals surface area contributed by atoms with Gasteiger partial charge in [-0.2, -0.15) is 0 Å². The lowest BCUT2D eigenvalue weighted by atomic mass is 10.1. The molecule has 0 aromatic carbocycles. The van der Waals surface area contributed by atoms with Gasteiger partial charge in [-0.1, -0.05) is 6.58 Å². The van der Waals surface area contributed by atoms with E-state index < -0.39 is 0 Å². The van der Waals surface area contributed by atoms with Crippen LogP contribution in [0.5, 0.6) is 0 Å². The van der Waals surface area contributed by atoms with Gasteiger partial charge >= 0.3 is 5.97 Å². The van der Waals surface area contributed by atoms with Gasteiger partial charge in [0.25, 0.3) is 0 Å². The van der Waals surface area contributed by atoms with Crippen molar-refractivity contribution >= 4 is 5.97 Å². The maximum Gasteiger partial charge on any atom is 0.336 e. The van der Waals surface area contributed by atoms with Crippen LogP contribution in [0.3, 0.4) is 0 Å². The molecule has 0 saturated heterocycles. The van der Waals surface area contributed by atoms with Crippen LogP contribution < -0.4 is 0 Å². The van der Waals surface area contributed by atoms with E-state index in [0.29, 0.717) is 12.2 Å². The van der Waals surface area contributed by atoms with Crippen LogP contribution in [0, 0.1) is 0 Å². The van der Waals surface area contributed by atoms with Crippen molar-refractivity contribution in [2.75, 3.05) is 20.0 Å². The van der Waals surface area contributed by atoms with Crippen molar-refractivity contribution in [2.24, 2.45) is 0 Å². The molecule has 4 heteroatoms. The lowest BCUT2D eigenvalue weighted by Crippen LogP contribution is -2.29. The second-order valence-electron chi connectivity index (χ2n) is 4.61. The molecule has 0 aromatic heterocycles. The minimum absolute atomic E-state index is 0.162. The topological polar surface area (TPSA) is 44.8 Å². The Balaban J connectivity index is 2.24. The number of carbonyl (C=O) groups is 1. The Hall–Kier alpha value is -0.870. The molecular weight excluding hydrogens is 220 g/mol. The van der Waals surface area contributed by atoms with Crippen LogP contribution in [0.4, 0.5) is 0 Å². The molecule has 0 bridgehead atoms. The van der Waals surface area contributed by atoms with Gasteiger partial charge in [0.15, 0.2) is 0 Å². The van der Waals surface area contributed by atoms with Crippen molar-refractivity contribution in [3.05, 3.63) is 12.2 Å². The molecule has 0 spiro atoms. The summed E-state index contributed by atoms with van der Waals surface area (Å²) in [5.41, 5.74) is 0.0396. The summed E-state index contributed by atoms with van der Waals surface area (Å²) in [6.07, 6.45) is 4.12. The molecule has 0 aliphatic heterocycles. The second-order valence-corrected chi connectivity index (χ2v) is 4.61. The molecule has 0 N–H and O–H groups in total. The number of hydrogen-bond acceptors (Lipinski definition) is 4. The monoisotopic (exact) mass is 242 g/mol. The normalized spacial score (nSPS) is 18.0. The summed E-state index contributed by atoms with van der Waals surface area (Å²) in [7, 11) is 0. The Morgan fingerprint density at radius 1 is 1.29 bits per heavy atom. The van der Waals surface area contributed by atoms with E-state index in [1.807, 2.05) is 13.8 Å². The third-order valence-corrected chi connectivity index (χ3v) is 2.94. The zero-order chi connectivity index (χ0) is 12.7. The van der Waals surface area contributed by atoms with Crippen molar-refractivity contribution < 1.29 is 19.0 Å². The fourth-order valence-corrected chi connectivity index (χ4v) is 1.89. The van der Waals surface area contributed by atoms with Gasteiger partial charge in [0.05, 0.1) is 12.2 Å². The minimum Gasteiger partial charge on any atom is -0.456 e. The molecule has 0 atom stereocenters. The average Bonchev–Trinajstić information content (AvgIpc) is 2.70. The first-order chi connectivity index (χ1) is 8.07. The van der Waals surface area contributed by atoms with Crippen LogP contribution in [0.1, 0.15) is 39.5 Å². The maximum absolute atomic E-state index is 11.7. The van der Waals surface area contributed by atoms with E-state index in [-0.39, 0.29) is 25.0 Å². The van der Waals surface area contributed by atoms with Gasteiger partial charge in [-0.25, -0.2) is 4.79 Å². The Kier molecular flexibility index (Phi) is 5.65. The van der Waals surface area contributed by atoms with Crippen LogP contribution >= 0.6 is 0 Å². The first kappa shape index (κ1) is 14.2. The summed E-state index contributed by atoms with van der Waals surface area (Å²) >= 11 is 0. The van der Waals surface area contributed by atoms with Crippen LogP contribution in [0.2, 0.25) is 0 Å². The molecule has 17 heavy (non-hydrogen) atoms. The number of rotatable bonds is 7. The van der Waals surface area contributed by atoms with Gasteiger partial charge in [-0.3, -0.25) is 0 Å². The Morgan fingerprint density at radius 3 is 2.53 bits per heavy atom. The molecule has 1 fully saturated rings. The maximum atomic E-state index is 11.7. The first-order valence-corrected chi connectivity index (χ1v) is 6.14. The first-order valence-electron chi connectivity index (χ1n) is 6.14. The summed E-state index contributed by atoms with van der Waals surface area (Å²) in [5, 5.41) is 0. The van der Waals surface area contributed by atoms with Crippen LogP contribution in [-0.2, 0) is 19.0 Å². The molecule has 1 aliphatic carbocycles. The van der Waals surface area contributed by atoms with Gasteiger partial charge in [0.2, 0.25) is 0 Å². The second kappa shape index (κ2) is 6.77. The molecular formula is C13H22O4. The van der Waals surface area contributed by atoms with Crippen LogP contribution in [0.25, 0.3) is 0 Å². The van der Waals surface area contributed by atoms with E-state index >= 15 is 0 Å². The van der Waals surface area contributed by atoms with E-state index in [1.54, 1.807) is 0 Å². The van der Waals surface area contributed by atoms with Crippen LogP contribution in [-0.4, -0.2) is 31.6 Å². The van der Waals surface area contributed by atoms with E-state index in [1.165, 1.54) is 0 Å². The smallest absolute Gasteiger partial charge is 0.336 e. The Bertz CT molecular complexity index is 267. The molecule has 0 heterocycles. The highest BCUT2D eigenvalue weighted by Gasteiger charge is 2.33. The summed E-state index contributed by atoms with van der Waals surface area (Å²) in [6.45, 7) is 8.47. The number of ether oxygens (including phenoxy) is 3. The molecule has 0 radical (unpaired) electrons. The van der Waals surface area contributed by atoms with E-state index in [0.717, 1.165) is 25.7 Å². The minimum atomic E-state index is -0.356. The van der Waals surface area contributed by atoms with Gasteiger partial charge in [0.1, 0.15) is 12.4 Å². The summed E-state index contributed by atoms with van der Waals surface area (Å²) in [5.74, 6) is -0.356. The predicted octanol–water partition coefficient (Wildman–Crippen LogP) is 2.43. The summed E-state index contributed by atoms with van der Waals surface area (Å²) in [4.78, 5) is 11.7. The lowest BCUT2D eigenvalue weighted by molar-refractivity contribution is -0.153. The molecule has 1 aliphatic rings. The summed E-state index contributed by atoms with van der Waals surface area (Å²) < 4.78 is 15.6. The summed E-state index contributed by atoms with van der Waals surface area (Å²) in [6, 6.07) is 0. The number of carbonyl (C=O) groups excluding carboxylic acids is 1. The standard InChI is InChI=1S/C13H22O4/c1-4-15-10-16-9-11(2)12(14)17-13(3)7-5-6-8-13/h2,4-10H2,1,3H3. The lowest BCUT2D eigenvalue weighted by Gasteiger charge is -2.24. The molecule has 4 nitrogen and oxygen atoms in total.